The van der Waals surface area contributed by atoms with Crippen molar-refractivity contribution in [2.75, 3.05) is 23.9 Å². The van der Waals surface area contributed by atoms with Gasteiger partial charge < -0.3 is 10.1 Å². The number of thioether (sulfide) groups is 2. The number of anilines is 1. The van der Waals surface area contributed by atoms with Gasteiger partial charge in [0.05, 0.1) is 11.2 Å². The van der Waals surface area contributed by atoms with E-state index in [-0.39, 0.29) is 5.91 Å². The number of hydrogen-bond donors (Lipinski definition) is 1. The zero-order chi connectivity index (χ0) is 16.8. The molecule has 0 saturated carbocycles. The van der Waals surface area contributed by atoms with Crippen molar-refractivity contribution < 1.29 is 9.53 Å². The highest BCUT2D eigenvalue weighted by atomic mass is 32.2. The highest BCUT2D eigenvalue weighted by Crippen LogP contribution is 2.43. The monoisotopic (exact) mass is 359 g/mol. The van der Waals surface area contributed by atoms with Crippen molar-refractivity contribution in [1.82, 2.24) is 0 Å². The molecule has 0 aromatic heterocycles. The highest BCUT2D eigenvalue weighted by Gasteiger charge is 2.17. The largest absolute Gasteiger partial charge is 0.380 e. The Labute approximate surface area is 151 Å². The van der Waals surface area contributed by atoms with Crippen LogP contribution in [0.15, 0.2) is 48.5 Å². The third-order valence-corrected chi connectivity index (χ3v) is 6.85. The van der Waals surface area contributed by atoms with Gasteiger partial charge in [-0.05, 0) is 41.7 Å². The quantitative estimate of drug-likeness (QED) is 0.819. The SMILES string of the molecule is COCc1ccccc1NC(=O)c1ccc(C2SCCCS2)cc1. The van der Waals surface area contributed by atoms with Gasteiger partial charge in [-0.3, -0.25) is 4.79 Å². The molecule has 3 rings (SSSR count). The van der Waals surface area contributed by atoms with Crippen LogP contribution in [0.4, 0.5) is 5.69 Å². The summed E-state index contributed by atoms with van der Waals surface area (Å²) in [5.74, 6) is 2.35. The van der Waals surface area contributed by atoms with Gasteiger partial charge in [-0.15, -0.1) is 23.5 Å². The molecule has 1 N–H and O–H groups in total. The summed E-state index contributed by atoms with van der Waals surface area (Å²) in [7, 11) is 1.65. The zero-order valence-electron chi connectivity index (χ0n) is 13.7. The molecule has 0 unspecified atom stereocenters. The van der Waals surface area contributed by atoms with Crippen molar-refractivity contribution in [3.05, 3.63) is 65.2 Å². The summed E-state index contributed by atoms with van der Waals surface area (Å²) in [6.07, 6.45) is 1.28. The van der Waals surface area contributed by atoms with Gasteiger partial charge in [0.1, 0.15) is 0 Å². The Hall–Kier alpha value is -1.43. The zero-order valence-corrected chi connectivity index (χ0v) is 15.3. The molecule has 1 heterocycles. The van der Waals surface area contributed by atoms with Gasteiger partial charge >= 0.3 is 0 Å². The lowest BCUT2D eigenvalue weighted by Crippen LogP contribution is -2.13. The van der Waals surface area contributed by atoms with Gasteiger partial charge in [0.15, 0.2) is 0 Å². The van der Waals surface area contributed by atoms with E-state index in [2.05, 4.69) is 17.4 Å². The van der Waals surface area contributed by atoms with E-state index in [4.69, 9.17) is 4.74 Å². The van der Waals surface area contributed by atoms with E-state index in [0.29, 0.717) is 16.8 Å². The Kier molecular flexibility index (Phi) is 6.24. The first-order valence-electron chi connectivity index (χ1n) is 7.99. The summed E-state index contributed by atoms with van der Waals surface area (Å²) in [6, 6.07) is 15.7. The Morgan fingerprint density at radius 3 is 2.54 bits per heavy atom. The second-order valence-corrected chi connectivity index (χ2v) is 8.32. The fraction of sp³-hybridized carbons (Fsp3) is 0.316. The maximum atomic E-state index is 12.5. The number of rotatable bonds is 5. The maximum absolute atomic E-state index is 12.5. The lowest BCUT2D eigenvalue weighted by Gasteiger charge is -2.21. The fourth-order valence-electron chi connectivity index (χ4n) is 2.59. The first-order valence-corrected chi connectivity index (χ1v) is 10.1. The van der Waals surface area contributed by atoms with Crippen LogP contribution in [0.25, 0.3) is 0 Å². The normalized spacial score (nSPS) is 15.2. The van der Waals surface area contributed by atoms with Gasteiger partial charge in [0.2, 0.25) is 0 Å². The Morgan fingerprint density at radius 1 is 1.12 bits per heavy atom. The molecule has 1 fully saturated rings. The van der Waals surface area contributed by atoms with Crippen molar-refractivity contribution in [2.24, 2.45) is 0 Å². The van der Waals surface area contributed by atoms with E-state index in [9.17, 15) is 4.79 Å². The topological polar surface area (TPSA) is 38.3 Å². The second kappa shape index (κ2) is 8.60. The van der Waals surface area contributed by atoms with Crippen LogP contribution in [-0.4, -0.2) is 24.5 Å². The average molecular weight is 360 g/mol. The van der Waals surface area contributed by atoms with Crippen LogP contribution in [0.5, 0.6) is 0 Å². The summed E-state index contributed by atoms with van der Waals surface area (Å²) in [4.78, 5) is 12.5. The molecule has 24 heavy (non-hydrogen) atoms. The van der Waals surface area contributed by atoms with Crippen molar-refractivity contribution in [3.63, 3.8) is 0 Å². The summed E-state index contributed by atoms with van der Waals surface area (Å²) in [5.41, 5.74) is 3.74. The molecule has 0 atom stereocenters. The molecule has 1 aliphatic heterocycles. The minimum absolute atomic E-state index is 0.0888. The van der Waals surface area contributed by atoms with Gasteiger partial charge in [-0.25, -0.2) is 0 Å². The predicted octanol–water partition coefficient (Wildman–Crippen LogP) is 4.95. The van der Waals surface area contributed by atoms with Crippen LogP contribution >= 0.6 is 23.5 Å². The molecular weight excluding hydrogens is 338 g/mol. The third kappa shape index (κ3) is 4.35. The van der Waals surface area contributed by atoms with Crippen LogP contribution in [0.3, 0.4) is 0 Å². The maximum Gasteiger partial charge on any atom is 0.255 e. The van der Waals surface area contributed by atoms with E-state index in [1.807, 2.05) is 59.9 Å². The molecule has 3 nitrogen and oxygen atoms in total. The molecule has 2 aromatic rings. The van der Waals surface area contributed by atoms with Gasteiger partial charge in [0.25, 0.3) is 5.91 Å². The lowest BCUT2D eigenvalue weighted by atomic mass is 10.1. The smallest absolute Gasteiger partial charge is 0.255 e. The Morgan fingerprint density at radius 2 is 1.83 bits per heavy atom. The number of amides is 1. The molecule has 0 spiro atoms. The summed E-state index contributed by atoms with van der Waals surface area (Å²) < 4.78 is 5.68. The molecule has 126 valence electrons. The number of hydrogen-bond acceptors (Lipinski definition) is 4. The highest BCUT2D eigenvalue weighted by molar-refractivity contribution is 8.16. The summed E-state index contributed by atoms with van der Waals surface area (Å²) in [6.45, 7) is 0.478. The van der Waals surface area contributed by atoms with Crippen molar-refractivity contribution in [2.45, 2.75) is 17.6 Å². The number of benzene rings is 2. The van der Waals surface area contributed by atoms with Crippen LogP contribution in [0, 0.1) is 0 Å². The summed E-state index contributed by atoms with van der Waals surface area (Å²) >= 11 is 3.98. The number of para-hydroxylation sites is 1. The van der Waals surface area contributed by atoms with Crippen LogP contribution < -0.4 is 5.32 Å². The molecular formula is C19H21NO2S2. The van der Waals surface area contributed by atoms with E-state index in [0.717, 1.165) is 11.3 Å². The minimum atomic E-state index is -0.0888. The number of nitrogens with one attached hydrogen (secondary N) is 1. The van der Waals surface area contributed by atoms with E-state index < -0.39 is 0 Å². The molecule has 5 heteroatoms. The molecule has 1 aliphatic rings. The van der Waals surface area contributed by atoms with Gasteiger partial charge in [0, 0.05) is 23.9 Å². The minimum Gasteiger partial charge on any atom is -0.380 e. The number of ether oxygens (including phenoxy) is 1. The van der Waals surface area contributed by atoms with Crippen molar-refractivity contribution in [3.8, 4) is 0 Å². The molecule has 2 aromatic carbocycles. The predicted molar refractivity (Wildman–Crippen MR) is 104 cm³/mol. The lowest BCUT2D eigenvalue weighted by molar-refractivity contribution is 0.102. The Bertz CT molecular complexity index is 682. The van der Waals surface area contributed by atoms with Crippen LogP contribution in [0.2, 0.25) is 0 Å². The van der Waals surface area contributed by atoms with E-state index >= 15 is 0 Å². The molecule has 0 aliphatic carbocycles. The van der Waals surface area contributed by atoms with E-state index in [1.54, 1.807) is 7.11 Å². The molecule has 0 radical (unpaired) electrons. The second-order valence-electron chi connectivity index (χ2n) is 5.59. The molecule has 1 saturated heterocycles. The first kappa shape index (κ1) is 17.4. The molecule has 0 bridgehead atoms. The number of carbonyl (C=O) groups is 1. The molecule has 1 amide bonds. The third-order valence-electron chi connectivity index (χ3n) is 3.84. The average Bonchev–Trinajstić information content (AvgIpc) is 2.64. The van der Waals surface area contributed by atoms with Crippen molar-refractivity contribution >= 4 is 35.1 Å². The number of methoxy groups -OCH3 is 1. The van der Waals surface area contributed by atoms with Gasteiger partial charge in [-0.2, -0.15) is 0 Å². The summed E-state index contributed by atoms with van der Waals surface area (Å²) in [5, 5.41) is 2.98. The van der Waals surface area contributed by atoms with Crippen LogP contribution in [0.1, 0.15) is 32.5 Å². The number of carbonyl (C=O) groups excluding carboxylic acids is 1. The van der Waals surface area contributed by atoms with Crippen LogP contribution in [-0.2, 0) is 11.3 Å². The van der Waals surface area contributed by atoms with E-state index in [1.165, 1.54) is 23.5 Å². The van der Waals surface area contributed by atoms with Gasteiger partial charge in [-0.1, -0.05) is 30.3 Å². The first-order chi connectivity index (χ1) is 11.8. The Balaban J connectivity index is 1.69. The fourth-order valence-corrected chi connectivity index (χ4v) is 5.48. The van der Waals surface area contributed by atoms with Crippen molar-refractivity contribution in [1.29, 1.82) is 0 Å². The standard InChI is InChI=1S/C19H21NO2S2/c1-22-13-16-5-2-3-6-17(16)20-18(21)14-7-9-15(10-8-14)19-23-11-4-12-24-19/h2-3,5-10,19H,4,11-13H2,1H3,(H,20,21).